The first-order valence-electron chi connectivity index (χ1n) is 11.1. The number of carbonyl (C=O) groups excluding carboxylic acids is 1. The van der Waals surface area contributed by atoms with Crippen molar-refractivity contribution in [1.29, 1.82) is 0 Å². The molecule has 1 heterocycles. The highest BCUT2D eigenvalue weighted by Crippen LogP contribution is 2.34. The van der Waals surface area contributed by atoms with Gasteiger partial charge in [-0.2, -0.15) is 0 Å². The normalized spacial score (nSPS) is 19.9. The summed E-state index contributed by atoms with van der Waals surface area (Å²) in [5, 5.41) is 3.05. The van der Waals surface area contributed by atoms with Crippen LogP contribution in [0.3, 0.4) is 0 Å². The SMILES string of the molecule is CCCOC1(C(=O)Nc2ccc(OCCN3CCCCCC3)cc2)CCCC1. The van der Waals surface area contributed by atoms with Crippen molar-refractivity contribution in [1.82, 2.24) is 4.90 Å². The molecular weight excluding hydrogens is 352 g/mol. The van der Waals surface area contributed by atoms with E-state index in [1.165, 1.54) is 38.8 Å². The van der Waals surface area contributed by atoms with Gasteiger partial charge in [-0.1, -0.05) is 19.8 Å². The Bertz CT molecular complexity index is 588. The predicted molar refractivity (Wildman–Crippen MR) is 113 cm³/mol. The van der Waals surface area contributed by atoms with Crippen LogP contribution < -0.4 is 10.1 Å². The molecule has 0 spiro atoms. The molecule has 1 amide bonds. The van der Waals surface area contributed by atoms with Crippen molar-refractivity contribution < 1.29 is 14.3 Å². The molecule has 1 aliphatic carbocycles. The number of likely N-dealkylation sites (tertiary alicyclic amines) is 1. The lowest BCUT2D eigenvalue weighted by molar-refractivity contribution is -0.140. The highest BCUT2D eigenvalue weighted by atomic mass is 16.5. The minimum absolute atomic E-state index is 0.00622. The number of amides is 1. The molecule has 1 N–H and O–H groups in total. The fraction of sp³-hybridized carbons (Fsp3) is 0.696. The van der Waals surface area contributed by atoms with Crippen molar-refractivity contribution in [3.8, 4) is 5.75 Å². The van der Waals surface area contributed by atoms with Crippen LogP contribution >= 0.6 is 0 Å². The highest BCUT2D eigenvalue weighted by molar-refractivity contribution is 5.97. The monoisotopic (exact) mass is 388 g/mol. The fourth-order valence-electron chi connectivity index (χ4n) is 4.21. The second-order valence-electron chi connectivity index (χ2n) is 8.13. The molecule has 1 aromatic carbocycles. The molecule has 1 aliphatic heterocycles. The lowest BCUT2D eigenvalue weighted by Crippen LogP contribution is -2.43. The molecule has 1 saturated carbocycles. The number of rotatable bonds is 9. The Morgan fingerprint density at radius 3 is 2.32 bits per heavy atom. The van der Waals surface area contributed by atoms with E-state index >= 15 is 0 Å². The molecule has 0 aromatic heterocycles. The average Bonchev–Trinajstić information content (AvgIpc) is 3.05. The van der Waals surface area contributed by atoms with Gasteiger partial charge in [-0.25, -0.2) is 0 Å². The van der Waals surface area contributed by atoms with E-state index in [2.05, 4.69) is 17.1 Å². The molecule has 156 valence electrons. The summed E-state index contributed by atoms with van der Waals surface area (Å²) in [5.41, 5.74) is 0.162. The number of nitrogens with one attached hydrogen (secondary N) is 1. The van der Waals surface area contributed by atoms with Crippen molar-refractivity contribution in [3.63, 3.8) is 0 Å². The Morgan fingerprint density at radius 2 is 1.68 bits per heavy atom. The molecule has 3 rings (SSSR count). The number of nitrogens with zero attached hydrogens (tertiary/aromatic N) is 1. The molecule has 1 aromatic rings. The van der Waals surface area contributed by atoms with E-state index < -0.39 is 5.60 Å². The van der Waals surface area contributed by atoms with E-state index in [1.807, 2.05) is 24.3 Å². The van der Waals surface area contributed by atoms with E-state index in [-0.39, 0.29) is 5.91 Å². The van der Waals surface area contributed by atoms with Gasteiger partial charge in [0.2, 0.25) is 0 Å². The summed E-state index contributed by atoms with van der Waals surface area (Å²) >= 11 is 0. The van der Waals surface area contributed by atoms with Gasteiger partial charge in [0.05, 0.1) is 0 Å². The summed E-state index contributed by atoms with van der Waals surface area (Å²) in [6.45, 7) is 6.78. The molecule has 28 heavy (non-hydrogen) atoms. The highest BCUT2D eigenvalue weighted by Gasteiger charge is 2.42. The van der Waals surface area contributed by atoms with E-state index in [1.54, 1.807) is 0 Å². The third kappa shape index (κ3) is 5.95. The Labute approximate surface area is 169 Å². The molecule has 0 unspecified atom stereocenters. The van der Waals surface area contributed by atoms with E-state index in [0.29, 0.717) is 13.2 Å². The van der Waals surface area contributed by atoms with Crippen molar-refractivity contribution in [2.24, 2.45) is 0 Å². The van der Waals surface area contributed by atoms with Gasteiger partial charge in [0, 0.05) is 18.8 Å². The Morgan fingerprint density at radius 1 is 1.00 bits per heavy atom. The van der Waals surface area contributed by atoms with Crippen LogP contribution in [0.25, 0.3) is 0 Å². The summed E-state index contributed by atoms with van der Waals surface area (Å²) in [6, 6.07) is 7.71. The minimum atomic E-state index is -0.641. The van der Waals surface area contributed by atoms with Crippen LogP contribution in [-0.2, 0) is 9.53 Å². The summed E-state index contributed by atoms with van der Waals surface area (Å²) < 4.78 is 11.9. The Kier molecular flexibility index (Phi) is 8.16. The van der Waals surface area contributed by atoms with Gasteiger partial charge in [0.25, 0.3) is 5.91 Å². The predicted octanol–water partition coefficient (Wildman–Crippen LogP) is 4.62. The van der Waals surface area contributed by atoms with Crippen molar-refractivity contribution in [2.45, 2.75) is 70.3 Å². The van der Waals surface area contributed by atoms with Gasteiger partial charge in [-0.15, -0.1) is 0 Å². The number of anilines is 1. The first kappa shape index (κ1) is 21.1. The Hall–Kier alpha value is -1.59. The second kappa shape index (κ2) is 10.8. The topological polar surface area (TPSA) is 50.8 Å². The average molecular weight is 389 g/mol. The maximum atomic E-state index is 12.8. The molecule has 5 nitrogen and oxygen atoms in total. The third-order valence-electron chi connectivity index (χ3n) is 5.89. The maximum absolute atomic E-state index is 12.8. The van der Waals surface area contributed by atoms with E-state index in [4.69, 9.17) is 9.47 Å². The smallest absolute Gasteiger partial charge is 0.256 e. The molecule has 0 atom stereocenters. The summed E-state index contributed by atoms with van der Waals surface area (Å²) in [4.78, 5) is 15.3. The van der Waals surface area contributed by atoms with Gasteiger partial charge < -0.3 is 14.8 Å². The first-order valence-corrected chi connectivity index (χ1v) is 11.1. The zero-order chi connectivity index (χ0) is 19.7. The number of ether oxygens (including phenoxy) is 2. The largest absolute Gasteiger partial charge is 0.492 e. The summed E-state index contributed by atoms with van der Waals surface area (Å²) in [5.74, 6) is 0.846. The van der Waals surface area contributed by atoms with E-state index in [9.17, 15) is 4.79 Å². The first-order chi connectivity index (χ1) is 13.7. The third-order valence-corrected chi connectivity index (χ3v) is 5.89. The zero-order valence-corrected chi connectivity index (χ0v) is 17.4. The van der Waals surface area contributed by atoms with Crippen molar-refractivity contribution >= 4 is 11.6 Å². The van der Waals surface area contributed by atoms with Crippen LogP contribution in [0.15, 0.2) is 24.3 Å². The molecule has 5 heteroatoms. The molecular formula is C23H36N2O3. The van der Waals surface area contributed by atoms with Crippen LogP contribution in [0.4, 0.5) is 5.69 Å². The molecule has 2 fully saturated rings. The summed E-state index contributed by atoms with van der Waals surface area (Å²) in [6.07, 6.45) is 9.99. The quantitative estimate of drug-likeness (QED) is 0.671. The molecule has 0 radical (unpaired) electrons. The lowest BCUT2D eigenvalue weighted by atomic mass is 10.0. The lowest BCUT2D eigenvalue weighted by Gasteiger charge is -2.28. The van der Waals surface area contributed by atoms with Gasteiger partial charge >= 0.3 is 0 Å². The van der Waals surface area contributed by atoms with Crippen molar-refractivity contribution in [3.05, 3.63) is 24.3 Å². The van der Waals surface area contributed by atoms with Crippen LogP contribution in [0, 0.1) is 0 Å². The maximum Gasteiger partial charge on any atom is 0.256 e. The molecule has 1 saturated heterocycles. The second-order valence-corrected chi connectivity index (χ2v) is 8.13. The fourth-order valence-corrected chi connectivity index (χ4v) is 4.21. The molecule has 0 bridgehead atoms. The van der Waals surface area contributed by atoms with Gasteiger partial charge in [0.15, 0.2) is 0 Å². The van der Waals surface area contributed by atoms with Gasteiger partial charge in [-0.3, -0.25) is 9.69 Å². The molecule has 2 aliphatic rings. The van der Waals surface area contributed by atoms with Crippen LogP contribution in [0.5, 0.6) is 5.75 Å². The van der Waals surface area contributed by atoms with E-state index in [0.717, 1.165) is 50.1 Å². The number of hydrogen-bond acceptors (Lipinski definition) is 4. The standard InChI is InChI=1S/C23H36N2O3/c1-2-18-28-23(13-5-6-14-23)22(26)24-20-9-11-21(12-10-20)27-19-17-25-15-7-3-4-8-16-25/h9-12H,2-8,13-19H2,1H3,(H,24,26). The number of hydrogen-bond donors (Lipinski definition) is 1. The number of benzene rings is 1. The van der Waals surface area contributed by atoms with Gasteiger partial charge in [-0.05, 0) is 82.3 Å². The summed E-state index contributed by atoms with van der Waals surface area (Å²) in [7, 11) is 0. The van der Waals surface area contributed by atoms with Crippen LogP contribution in [0.1, 0.15) is 64.7 Å². The van der Waals surface area contributed by atoms with Crippen LogP contribution in [0.2, 0.25) is 0 Å². The Balaban J connectivity index is 1.46. The van der Waals surface area contributed by atoms with Crippen molar-refractivity contribution in [2.75, 3.05) is 38.2 Å². The minimum Gasteiger partial charge on any atom is -0.492 e. The van der Waals surface area contributed by atoms with Crippen LogP contribution in [-0.4, -0.2) is 49.3 Å². The zero-order valence-electron chi connectivity index (χ0n) is 17.4. The van der Waals surface area contributed by atoms with Gasteiger partial charge in [0.1, 0.15) is 18.0 Å². The number of carbonyl (C=O) groups is 1.